The Morgan fingerprint density at radius 2 is 1.83 bits per heavy atom. The molecular formula is C30H52O5Si. The fraction of sp³-hybridized carbons (Fsp3) is 0.733. The van der Waals surface area contributed by atoms with Gasteiger partial charge < -0.3 is 23.7 Å². The number of aliphatic hydroxyl groups excluding tert-OH is 1. The molecule has 0 amide bonds. The van der Waals surface area contributed by atoms with Gasteiger partial charge in [-0.1, -0.05) is 76.6 Å². The summed E-state index contributed by atoms with van der Waals surface area (Å²) < 4.78 is 25.3. The molecule has 0 radical (unpaired) electrons. The Kier molecular flexibility index (Phi) is 11.4. The Bertz CT molecular complexity index is 814. The van der Waals surface area contributed by atoms with Crippen molar-refractivity contribution in [1.82, 2.24) is 0 Å². The number of benzene rings is 1. The molecule has 36 heavy (non-hydrogen) atoms. The standard InChI is InChI=1S/C30H52O5Si/c1-22(16-17-32-20-25-14-12-11-13-15-25)18-23(2)27(35-36(9,10)29(4,5)6)24(3)28-26(19-31)21-33-30(7,8)34-28/h11-16,23-24,26-28,31H,17-21H2,1-10H3/b22-16-/t23-,24-,26-,27+,28+/m0/s1. The first-order valence-corrected chi connectivity index (χ1v) is 16.5. The molecule has 206 valence electrons. The highest BCUT2D eigenvalue weighted by molar-refractivity contribution is 6.74. The number of allylic oxidation sites excluding steroid dienone is 1. The first-order valence-electron chi connectivity index (χ1n) is 13.5. The van der Waals surface area contributed by atoms with E-state index in [0.29, 0.717) is 19.8 Å². The molecule has 1 aliphatic heterocycles. The van der Waals surface area contributed by atoms with Gasteiger partial charge >= 0.3 is 0 Å². The summed E-state index contributed by atoms with van der Waals surface area (Å²) in [6, 6.07) is 10.3. The van der Waals surface area contributed by atoms with E-state index in [1.165, 1.54) is 11.1 Å². The van der Waals surface area contributed by atoms with Crippen LogP contribution in [0.2, 0.25) is 18.1 Å². The van der Waals surface area contributed by atoms with Gasteiger partial charge in [0.05, 0.1) is 38.6 Å². The molecule has 1 aliphatic rings. The van der Waals surface area contributed by atoms with Crippen molar-refractivity contribution >= 4 is 8.32 Å². The highest BCUT2D eigenvalue weighted by Gasteiger charge is 2.46. The van der Waals surface area contributed by atoms with Crippen LogP contribution < -0.4 is 0 Å². The highest BCUT2D eigenvalue weighted by Crippen LogP contribution is 2.42. The molecule has 0 bridgehead atoms. The molecule has 1 N–H and O–H groups in total. The van der Waals surface area contributed by atoms with Crippen molar-refractivity contribution in [1.29, 1.82) is 0 Å². The van der Waals surface area contributed by atoms with E-state index in [4.69, 9.17) is 18.6 Å². The van der Waals surface area contributed by atoms with Gasteiger partial charge in [0.15, 0.2) is 14.1 Å². The molecule has 0 unspecified atom stereocenters. The first-order chi connectivity index (χ1) is 16.7. The topological polar surface area (TPSA) is 57.2 Å². The largest absolute Gasteiger partial charge is 0.413 e. The van der Waals surface area contributed by atoms with Crippen LogP contribution in [0.1, 0.15) is 67.4 Å². The molecular weight excluding hydrogens is 468 g/mol. The zero-order valence-corrected chi connectivity index (χ0v) is 25.5. The minimum Gasteiger partial charge on any atom is -0.413 e. The molecule has 5 nitrogen and oxygen atoms in total. The van der Waals surface area contributed by atoms with E-state index in [-0.39, 0.29) is 41.6 Å². The molecule has 0 saturated carbocycles. The molecule has 1 saturated heterocycles. The zero-order chi connectivity index (χ0) is 27.1. The van der Waals surface area contributed by atoms with E-state index in [0.717, 1.165) is 6.42 Å². The van der Waals surface area contributed by atoms with E-state index in [2.05, 4.69) is 72.8 Å². The van der Waals surface area contributed by atoms with E-state index in [1.807, 2.05) is 32.0 Å². The van der Waals surface area contributed by atoms with Crippen LogP contribution in [-0.2, 0) is 25.2 Å². The lowest BCUT2D eigenvalue weighted by molar-refractivity contribution is -0.309. The smallest absolute Gasteiger partial charge is 0.192 e. The van der Waals surface area contributed by atoms with E-state index >= 15 is 0 Å². The van der Waals surface area contributed by atoms with Crippen molar-refractivity contribution in [3.63, 3.8) is 0 Å². The monoisotopic (exact) mass is 520 g/mol. The fourth-order valence-corrected chi connectivity index (χ4v) is 6.14. The predicted molar refractivity (Wildman–Crippen MR) is 150 cm³/mol. The van der Waals surface area contributed by atoms with Crippen LogP contribution in [0.5, 0.6) is 0 Å². The first kappa shape index (κ1) is 31.2. The lowest BCUT2D eigenvalue weighted by atomic mass is 9.81. The van der Waals surface area contributed by atoms with Crippen molar-refractivity contribution in [2.45, 2.75) is 105 Å². The second-order valence-corrected chi connectivity index (χ2v) is 17.4. The second-order valence-electron chi connectivity index (χ2n) is 12.7. The summed E-state index contributed by atoms with van der Waals surface area (Å²) in [5, 5.41) is 10.2. The van der Waals surface area contributed by atoms with E-state index < -0.39 is 14.1 Å². The summed E-state index contributed by atoms with van der Waals surface area (Å²) in [6.45, 7) is 23.8. The molecule has 6 heteroatoms. The molecule has 5 atom stereocenters. The normalized spacial score (nSPS) is 23.8. The average Bonchev–Trinajstić information content (AvgIpc) is 2.79. The van der Waals surface area contributed by atoms with Crippen molar-refractivity contribution < 1.29 is 23.7 Å². The molecule has 1 aromatic rings. The molecule has 0 spiro atoms. The molecule has 1 fully saturated rings. The maximum atomic E-state index is 10.1. The van der Waals surface area contributed by atoms with Gasteiger partial charge in [-0.3, -0.25) is 0 Å². The van der Waals surface area contributed by atoms with Crippen LogP contribution in [-0.4, -0.2) is 51.2 Å². The summed E-state index contributed by atoms with van der Waals surface area (Å²) in [5.41, 5.74) is 2.49. The predicted octanol–water partition coefficient (Wildman–Crippen LogP) is 6.96. The lowest BCUT2D eigenvalue weighted by Crippen LogP contribution is -2.55. The van der Waals surface area contributed by atoms with E-state index in [9.17, 15) is 5.11 Å². The maximum absolute atomic E-state index is 10.1. The van der Waals surface area contributed by atoms with Gasteiger partial charge in [0.2, 0.25) is 0 Å². The van der Waals surface area contributed by atoms with Crippen LogP contribution in [0.15, 0.2) is 42.0 Å². The Balaban J connectivity index is 2.15. The Hall–Kier alpha value is -1.02. The summed E-state index contributed by atoms with van der Waals surface area (Å²) in [6.07, 6.45) is 2.99. The van der Waals surface area contributed by atoms with Crippen molar-refractivity contribution in [2.24, 2.45) is 17.8 Å². The number of aliphatic hydroxyl groups is 1. The summed E-state index contributed by atoms with van der Waals surface area (Å²) in [5.74, 6) is -0.333. The zero-order valence-electron chi connectivity index (χ0n) is 24.5. The van der Waals surface area contributed by atoms with Gasteiger partial charge in [0, 0.05) is 11.8 Å². The van der Waals surface area contributed by atoms with Gasteiger partial charge in [-0.2, -0.15) is 0 Å². The van der Waals surface area contributed by atoms with Crippen LogP contribution in [0.3, 0.4) is 0 Å². The molecule has 1 aromatic carbocycles. The van der Waals surface area contributed by atoms with Gasteiger partial charge in [0.1, 0.15) is 0 Å². The third-order valence-corrected chi connectivity index (χ3v) is 12.4. The van der Waals surface area contributed by atoms with Gasteiger partial charge in [-0.25, -0.2) is 0 Å². The summed E-state index contributed by atoms with van der Waals surface area (Å²) >= 11 is 0. The molecule has 0 aliphatic carbocycles. The van der Waals surface area contributed by atoms with Crippen LogP contribution >= 0.6 is 0 Å². The average molecular weight is 521 g/mol. The Morgan fingerprint density at radius 1 is 1.19 bits per heavy atom. The van der Waals surface area contributed by atoms with Crippen molar-refractivity contribution in [2.75, 3.05) is 19.8 Å². The van der Waals surface area contributed by atoms with Crippen molar-refractivity contribution in [3.05, 3.63) is 47.5 Å². The Morgan fingerprint density at radius 3 is 2.42 bits per heavy atom. The molecule has 2 rings (SSSR count). The number of hydrogen-bond donors (Lipinski definition) is 1. The third-order valence-electron chi connectivity index (χ3n) is 7.90. The molecule has 0 aromatic heterocycles. The highest BCUT2D eigenvalue weighted by atomic mass is 28.4. The minimum absolute atomic E-state index is 0.00688. The second kappa shape index (κ2) is 13.2. The van der Waals surface area contributed by atoms with Gasteiger partial charge in [-0.15, -0.1) is 0 Å². The Labute approximate surface area is 221 Å². The SMILES string of the molecule is C/C(=C/COCc1ccccc1)C[C@H](C)[C@@H](O[Si](C)(C)C(C)(C)C)[C@H](C)[C@H]1OC(C)(C)OC[C@@H]1CO. The van der Waals surface area contributed by atoms with Crippen LogP contribution in [0.25, 0.3) is 0 Å². The van der Waals surface area contributed by atoms with Gasteiger partial charge in [0.25, 0.3) is 0 Å². The summed E-state index contributed by atoms with van der Waals surface area (Å²) in [7, 11) is -2.04. The molecule has 1 heterocycles. The quantitative estimate of drug-likeness (QED) is 0.183. The van der Waals surface area contributed by atoms with Gasteiger partial charge in [-0.05, 0) is 56.8 Å². The minimum atomic E-state index is -2.04. The van der Waals surface area contributed by atoms with Crippen molar-refractivity contribution in [3.8, 4) is 0 Å². The van der Waals surface area contributed by atoms with E-state index in [1.54, 1.807) is 0 Å². The van der Waals surface area contributed by atoms with Crippen LogP contribution in [0.4, 0.5) is 0 Å². The summed E-state index contributed by atoms with van der Waals surface area (Å²) in [4.78, 5) is 0. The fourth-order valence-electron chi connectivity index (χ4n) is 4.66. The number of hydrogen-bond acceptors (Lipinski definition) is 5. The number of ether oxygens (including phenoxy) is 3. The number of rotatable bonds is 12. The lowest BCUT2D eigenvalue weighted by Gasteiger charge is -2.48. The third kappa shape index (κ3) is 9.07. The maximum Gasteiger partial charge on any atom is 0.192 e. The van der Waals surface area contributed by atoms with Crippen LogP contribution in [0, 0.1) is 17.8 Å².